The molecule has 0 saturated heterocycles. The molecule has 1 aromatic carbocycles. The number of rotatable bonds is 4. The third kappa shape index (κ3) is 4.41. The summed E-state index contributed by atoms with van der Waals surface area (Å²) in [5.41, 5.74) is 0.391. The van der Waals surface area contributed by atoms with Gasteiger partial charge in [0.15, 0.2) is 0 Å². The first-order valence-electron chi connectivity index (χ1n) is 9.43. The molecule has 2 N–H and O–H groups in total. The first-order valence-corrected chi connectivity index (χ1v) is 9.43. The second-order valence-electron chi connectivity index (χ2n) is 9.09. The van der Waals surface area contributed by atoms with Crippen molar-refractivity contribution < 1.29 is 14.3 Å². The van der Waals surface area contributed by atoms with Crippen LogP contribution in [0.5, 0.6) is 0 Å². The van der Waals surface area contributed by atoms with Crippen LogP contribution in [-0.4, -0.2) is 23.2 Å². The summed E-state index contributed by atoms with van der Waals surface area (Å²) in [6, 6.07) is 6.50. The molecule has 0 spiro atoms. The lowest BCUT2D eigenvalue weighted by molar-refractivity contribution is -0.124. The highest BCUT2D eigenvalue weighted by Crippen LogP contribution is 2.48. The molecule has 2 aliphatic carbocycles. The molecule has 2 fully saturated rings. The fraction of sp³-hybridized carbons (Fsp3) is 0.667. The van der Waals surface area contributed by atoms with E-state index in [4.69, 9.17) is 0 Å². The Morgan fingerprint density at radius 3 is 2.60 bits per heavy atom. The van der Waals surface area contributed by atoms with Crippen molar-refractivity contribution in [3.63, 3.8) is 0 Å². The molecule has 0 aromatic heterocycles. The van der Waals surface area contributed by atoms with Gasteiger partial charge in [-0.15, -0.1) is 0 Å². The smallest absolute Gasteiger partial charge is 0.223 e. The molecule has 3 rings (SSSR count). The van der Waals surface area contributed by atoms with Gasteiger partial charge < -0.3 is 10.4 Å². The summed E-state index contributed by atoms with van der Waals surface area (Å²) in [5, 5.41) is 13.7. The molecule has 4 heteroatoms. The van der Waals surface area contributed by atoms with Crippen LogP contribution in [0.15, 0.2) is 24.3 Å². The van der Waals surface area contributed by atoms with E-state index in [1.54, 1.807) is 6.07 Å². The van der Waals surface area contributed by atoms with Gasteiger partial charge in [0.25, 0.3) is 0 Å². The summed E-state index contributed by atoms with van der Waals surface area (Å²) >= 11 is 0. The zero-order valence-corrected chi connectivity index (χ0v) is 15.5. The van der Waals surface area contributed by atoms with E-state index in [2.05, 4.69) is 26.1 Å². The monoisotopic (exact) mass is 347 g/mol. The van der Waals surface area contributed by atoms with E-state index in [1.165, 1.54) is 12.1 Å². The van der Waals surface area contributed by atoms with Gasteiger partial charge in [-0.25, -0.2) is 4.39 Å². The quantitative estimate of drug-likeness (QED) is 0.864. The van der Waals surface area contributed by atoms with Crippen molar-refractivity contribution in [2.75, 3.05) is 6.54 Å². The van der Waals surface area contributed by atoms with Crippen LogP contribution in [-0.2, 0) is 4.79 Å². The third-order valence-electron chi connectivity index (χ3n) is 6.14. The van der Waals surface area contributed by atoms with Crippen LogP contribution < -0.4 is 5.32 Å². The Balaban J connectivity index is 1.47. The Morgan fingerprint density at radius 2 is 2.00 bits per heavy atom. The standard InChI is InChI=1S/C21H30FNO2/c1-20(2,3)15-7-9-21(25,10-8-15)13-23-19(24)18-12-17(18)14-5-4-6-16(22)11-14/h4-6,11,15,17-18,25H,7-10,12-13H2,1-3H3,(H,23,24). The van der Waals surface area contributed by atoms with Gasteiger partial charge >= 0.3 is 0 Å². The number of carbonyl (C=O) groups excluding carboxylic acids is 1. The predicted octanol–water partition coefficient (Wildman–Crippen LogP) is 4.01. The SMILES string of the molecule is CC(C)(C)C1CCC(O)(CNC(=O)C2CC2c2cccc(F)c2)CC1. The normalized spacial score (nSPS) is 32.3. The molecule has 0 bridgehead atoms. The van der Waals surface area contributed by atoms with Gasteiger partial charge in [0.1, 0.15) is 5.82 Å². The summed E-state index contributed by atoms with van der Waals surface area (Å²) in [7, 11) is 0. The Hall–Kier alpha value is -1.42. The van der Waals surface area contributed by atoms with E-state index in [-0.39, 0.29) is 29.0 Å². The molecule has 2 aliphatic rings. The molecule has 1 amide bonds. The van der Waals surface area contributed by atoms with E-state index in [0.29, 0.717) is 12.5 Å². The Morgan fingerprint density at radius 1 is 1.32 bits per heavy atom. The lowest BCUT2D eigenvalue weighted by atomic mass is 9.68. The maximum Gasteiger partial charge on any atom is 0.223 e. The largest absolute Gasteiger partial charge is 0.388 e. The minimum atomic E-state index is -0.777. The van der Waals surface area contributed by atoms with Crippen LogP contribution in [0.4, 0.5) is 4.39 Å². The molecule has 138 valence electrons. The molecule has 2 atom stereocenters. The van der Waals surface area contributed by atoms with Gasteiger partial charge in [0.05, 0.1) is 5.60 Å². The number of hydrogen-bond donors (Lipinski definition) is 2. The lowest BCUT2D eigenvalue weighted by Crippen LogP contribution is -2.47. The first kappa shape index (κ1) is 18.4. The molecule has 2 saturated carbocycles. The molecule has 0 aliphatic heterocycles. The van der Waals surface area contributed by atoms with Crippen molar-refractivity contribution in [3.8, 4) is 0 Å². The summed E-state index contributed by atoms with van der Waals surface area (Å²) < 4.78 is 13.3. The van der Waals surface area contributed by atoms with Crippen LogP contribution in [0.1, 0.15) is 64.4 Å². The van der Waals surface area contributed by atoms with Gasteiger partial charge in [-0.05, 0) is 67.1 Å². The number of halogens is 1. The summed E-state index contributed by atoms with van der Waals surface area (Å²) in [6.07, 6.45) is 4.26. The van der Waals surface area contributed by atoms with Crippen LogP contribution in [0.25, 0.3) is 0 Å². The number of nitrogens with one attached hydrogen (secondary N) is 1. The van der Waals surface area contributed by atoms with E-state index in [1.807, 2.05) is 6.07 Å². The average molecular weight is 347 g/mol. The van der Waals surface area contributed by atoms with Gasteiger partial charge in [-0.3, -0.25) is 4.79 Å². The Kier molecular flexibility index (Phi) is 4.93. The average Bonchev–Trinajstić information content (AvgIpc) is 3.33. The highest BCUT2D eigenvalue weighted by molar-refractivity contribution is 5.82. The fourth-order valence-electron chi connectivity index (χ4n) is 4.17. The molecular formula is C21H30FNO2. The minimum Gasteiger partial charge on any atom is -0.388 e. The second kappa shape index (κ2) is 6.71. The van der Waals surface area contributed by atoms with E-state index < -0.39 is 5.60 Å². The van der Waals surface area contributed by atoms with Crippen molar-refractivity contribution in [1.29, 1.82) is 0 Å². The summed E-state index contributed by atoms with van der Waals surface area (Å²) in [5.74, 6) is 0.386. The van der Waals surface area contributed by atoms with Crippen LogP contribution in [0.3, 0.4) is 0 Å². The maximum absolute atomic E-state index is 13.3. The van der Waals surface area contributed by atoms with Crippen molar-refractivity contribution in [2.45, 2.75) is 64.4 Å². The summed E-state index contributed by atoms with van der Waals surface area (Å²) in [6.45, 7) is 7.09. The van der Waals surface area contributed by atoms with Crippen LogP contribution in [0.2, 0.25) is 0 Å². The zero-order valence-electron chi connectivity index (χ0n) is 15.5. The van der Waals surface area contributed by atoms with Crippen molar-refractivity contribution in [1.82, 2.24) is 5.32 Å². The van der Waals surface area contributed by atoms with Crippen molar-refractivity contribution in [2.24, 2.45) is 17.3 Å². The fourth-order valence-corrected chi connectivity index (χ4v) is 4.17. The Bertz CT molecular complexity index is 629. The predicted molar refractivity (Wildman–Crippen MR) is 96.6 cm³/mol. The van der Waals surface area contributed by atoms with Gasteiger partial charge in [-0.2, -0.15) is 0 Å². The number of carbonyl (C=O) groups is 1. The Labute approximate surface area is 150 Å². The molecule has 2 unspecified atom stereocenters. The van der Waals surface area contributed by atoms with Crippen LogP contribution >= 0.6 is 0 Å². The van der Waals surface area contributed by atoms with Gasteiger partial charge in [0.2, 0.25) is 5.91 Å². The van der Waals surface area contributed by atoms with Crippen molar-refractivity contribution in [3.05, 3.63) is 35.6 Å². The number of aliphatic hydroxyl groups is 1. The summed E-state index contributed by atoms with van der Waals surface area (Å²) in [4.78, 5) is 12.4. The van der Waals surface area contributed by atoms with Crippen molar-refractivity contribution >= 4 is 5.91 Å². The zero-order chi connectivity index (χ0) is 18.2. The van der Waals surface area contributed by atoms with E-state index >= 15 is 0 Å². The molecule has 25 heavy (non-hydrogen) atoms. The van der Waals surface area contributed by atoms with E-state index in [0.717, 1.165) is 37.7 Å². The van der Waals surface area contributed by atoms with E-state index in [9.17, 15) is 14.3 Å². The van der Waals surface area contributed by atoms with Gasteiger partial charge in [-0.1, -0.05) is 32.9 Å². The number of amides is 1. The van der Waals surface area contributed by atoms with Gasteiger partial charge in [0, 0.05) is 12.5 Å². The molecule has 1 aromatic rings. The highest BCUT2D eigenvalue weighted by Gasteiger charge is 2.45. The minimum absolute atomic E-state index is 0.0133. The third-order valence-corrected chi connectivity index (χ3v) is 6.14. The molecule has 0 radical (unpaired) electrons. The highest BCUT2D eigenvalue weighted by atomic mass is 19.1. The number of benzene rings is 1. The maximum atomic E-state index is 13.3. The first-order chi connectivity index (χ1) is 11.7. The molecule has 3 nitrogen and oxygen atoms in total. The lowest BCUT2D eigenvalue weighted by Gasteiger charge is -2.41. The molecule has 0 heterocycles. The topological polar surface area (TPSA) is 49.3 Å². The molecular weight excluding hydrogens is 317 g/mol. The van der Waals surface area contributed by atoms with Crippen LogP contribution in [0, 0.1) is 23.1 Å². The second-order valence-corrected chi connectivity index (χ2v) is 9.09. The number of hydrogen-bond acceptors (Lipinski definition) is 2.